The summed E-state index contributed by atoms with van der Waals surface area (Å²) in [6.07, 6.45) is 0. The smallest absolute Gasteiger partial charge is 0.264 e. The molecule has 1 heterocycles. The van der Waals surface area contributed by atoms with E-state index in [4.69, 9.17) is 9.47 Å². The monoisotopic (exact) mass is 396 g/mol. The number of ether oxygens (including phenoxy) is 2. The highest BCUT2D eigenvalue weighted by atomic mass is 32.1. The number of carbonyl (C=O) groups is 1. The summed E-state index contributed by atoms with van der Waals surface area (Å²) in [5, 5.41) is 3.39. The molecule has 2 aromatic carbocycles. The standard InChI is InChI=1S/C22H24N2O3S/c1-13-6-8-18(11-14(13)2)27-12-20(25)23-22-24-21(16(4)28-22)17-7-9-19(26-5)15(3)10-17/h6-11H,12H2,1-5H3,(H,23,24,25). The van der Waals surface area contributed by atoms with Gasteiger partial charge in [0.25, 0.3) is 5.91 Å². The number of hydrogen-bond donors (Lipinski definition) is 1. The van der Waals surface area contributed by atoms with Crippen LogP contribution >= 0.6 is 11.3 Å². The molecule has 0 aliphatic rings. The quantitative estimate of drug-likeness (QED) is 0.632. The Labute approximate surface area is 169 Å². The summed E-state index contributed by atoms with van der Waals surface area (Å²) in [5.74, 6) is 1.29. The van der Waals surface area contributed by atoms with E-state index in [-0.39, 0.29) is 12.5 Å². The molecule has 0 spiro atoms. The third kappa shape index (κ3) is 4.51. The minimum Gasteiger partial charge on any atom is -0.496 e. The number of benzene rings is 2. The number of rotatable bonds is 6. The Balaban J connectivity index is 1.66. The van der Waals surface area contributed by atoms with Crippen LogP contribution in [-0.2, 0) is 4.79 Å². The Bertz CT molecular complexity index is 1010. The van der Waals surface area contributed by atoms with Crippen LogP contribution in [-0.4, -0.2) is 24.6 Å². The summed E-state index contributed by atoms with van der Waals surface area (Å²) in [6.45, 7) is 7.99. The van der Waals surface area contributed by atoms with Crippen molar-refractivity contribution in [2.75, 3.05) is 19.0 Å². The van der Waals surface area contributed by atoms with Gasteiger partial charge in [0.1, 0.15) is 11.5 Å². The van der Waals surface area contributed by atoms with E-state index >= 15 is 0 Å². The Morgan fingerprint density at radius 2 is 1.82 bits per heavy atom. The van der Waals surface area contributed by atoms with Crippen LogP contribution in [0.2, 0.25) is 0 Å². The zero-order valence-corrected chi connectivity index (χ0v) is 17.6. The number of carbonyl (C=O) groups excluding carboxylic acids is 1. The molecule has 1 aromatic heterocycles. The van der Waals surface area contributed by atoms with Crippen molar-refractivity contribution in [1.29, 1.82) is 0 Å². The molecule has 0 saturated carbocycles. The topological polar surface area (TPSA) is 60.5 Å². The summed E-state index contributed by atoms with van der Waals surface area (Å²) in [6, 6.07) is 11.7. The molecule has 0 saturated heterocycles. The molecule has 1 N–H and O–H groups in total. The third-order valence-electron chi connectivity index (χ3n) is 4.56. The van der Waals surface area contributed by atoms with Gasteiger partial charge in [0.2, 0.25) is 0 Å². The zero-order valence-electron chi connectivity index (χ0n) is 16.8. The van der Waals surface area contributed by atoms with Gasteiger partial charge in [-0.05, 0) is 74.7 Å². The molecule has 0 radical (unpaired) electrons. The average molecular weight is 397 g/mol. The molecule has 1 amide bonds. The molecule has 146 valence electrons. The van der Waals surface area contributed by atoms with Gasteiger partial charge < -0.3 is 9.47 Å². The number of anilines is 1. The van der Waals surface area contributed by atoms with Crippen molar-refractivity contribution in [3.05, 3.63) is 58.0 Å². The predicted octanol–water partition coefficient (Wildman–Crippen LogP) is 5.07. The van der Waals surface area contributed by atoms with Crippen LogP contribution in [0.15, 0.2) is 36.4 Å². The second-order valence-electron chi connectivity index (χ2n) is 6.69. The molecule has 3 rings (SSSR count). The molecule has 0 atom stereocenters. The number of thiazole rings is 1. The molecule has 0 unspecified atom stereocenters. The summed E-state index contributed by atoms with van der Waals surface area (Å²) in [4.78, 5) is 17.9. The van der Waals surface area contributed by atoms with Crippen LogP contribution in [0.3, 0.4) is 0 Å². The van der Waals surface area contributed by atoms with Crippen molar-refractivity contribution in [3.63, 3.8) is 0 Å². The van der Waals surface area contributed by atoms with E-state index in [1.165, 1.54) is 16.9 Å². The Morgan fingerprint density at radius 3 is 2.50 bits per heavy atom. The van der Waals surface area contributed by atoms with Crippen LogP contribution in [0, 0.1) is 27.7 Å². The van der Waals surface area contributed by atoms with Gasteiger partial charge in [0.15, 0.2) is 11.7 Å². The molecule has 3 aromatic rings. The second kappa shape index (κ2) is 8.44. The minimum atomic E-state index is -0.232. The van der Waals surface area contributed by atoms with E-state index < -0.39 is 0 Å². The van der Waals surface area contributed by atoms with Crippen LogP contribution < -0.4 is 14.8 Å². The van der Waals surface area contributed by atoms with Crippen LogP contribution in [0.5, 0.6) is 11.5 Å². The second-order valence-corrected chi connectivity index (χ2v) is 7.89. The van der Waals surface area contributed by atoms with E-state index in [1.807, 2.05) is 64.1 Å². The number of hydrogen-bond acceptors (Lipinski definition) is 5. The fourth-order valence-electron chi connectivity index (χ4n) is 2.85. The van der Waals surface area contributed by atoms with E-state index in [0.717, 1.165) is 33.0 Å². The van der Waals surface area contributed by atoms with Crippen molar-refractivity contribution >= 4 is 22.4 Å². The third-order valence-corrected chi connectivity index (χ3v) is 5.45. The first-order valence-corrected chi connectivity index (χ1v) is 9.81. The van der Waals surface area contributed by atoms with E-state index in [2.05, 4.69) is 10.3 Å². The number of nitrogens with one attached hydrogen (secondary N) is 1. The average Bonchev–Trinajstić information content (AvgIpc) is 3.02. The highest BCUT2D eigenvalue weighted by molar-refractivity contribution is 7.16. The lowest BCUT2D eigenvalue weighted by Crippen LogP contribution is -2.20. The highest BCUT2D eigenvalue weighted by Gasteiger charge is 2.13. The summed E-state index contributed by atoms with van der Waals surface area (Å²) in [5.41, 5.74) is 5.23. The Kier molecular flexibility index (Phi) is 5.99. The molecule has 0 bridgehead atoms. The van der Waals surface area contributed by atoms with Crippen LogP contribution in [0.1, 0.15) is 21.6 Å². The maximum absolute atomic E-state index is 12.2. The largest absolute Gasteiger partial charge is 0.496 e. The molecule has 0 fully saturated rings. The zero-order chi connectivity index (χ0) is 20.3. The van der Waals surface area contributed by atoms with Crippen molar-refractivity contribution < 1.29 is 14.3 Å². The molecular weight excluding hydrogens is 372 g/mol. The first kappa shape index (κ1) is 19.9. The number of aryl methyl sites for hydroxylation is 4. The van der Waals surface area contributed by atoms with Gasteiger partial charge in [-0.2, -0.15) is 0 Å². The van der Waals surface area contributed by atoms with Gasteiger partial charge in [-0.3, -0.25) is 10.1 Å². The Hall–Kier alpha value is -2.86. The van der Waals surface area contributed by atoms with Crippen molar-refractivity contribution in [3.8, 4) is 22.8 Å². The van der Waals surface area contributed by atoms with E-state index in [9.17, 15) is 4.79 Å². The van der Waals surface area contributed by atoms with Crippen molar-refractivity contribution in [1.82, 2.24) is 4.98 Å². The molecule has 0 aliphatic carbocycles. The summed E-state index contributed by atoms with van der Waals surface area (Å²) >= 11 is 1.45. The fourth-order valence-corrected chi connectivity index (χ4v) is 3.70. The van der Waals surface area contributed by atoms with Gasteiger partial charge in [-0.25, -0.2) is 4.98 Å². The first-order chi connectivity index (χ1) is 13.4. The van der Waals surface area contributed by atoms with Gasteiger partial charge in [0, 0.05) is 10.4 Å². The molecule has 28 heavy (non-hydrogen) atoms. The van der Waals surface area contributed by atoms with Gasteiger partial charge in [-0.1, -0.05) is 6.07 Å². The van der Waals surface area contributed by atoms with Crippen molar-refractivity contribution in [2.24, 2.45) is 0 Å². The van der Waals surface area contributed by atoms with Crippen LogP contribution in [0.4, 0.5) is 5.13 Å². The number of amides is 1. The van der Waals surface area contributed by atoms with Gasteiger partial charge in [0.05, 0.1) is 12.8 Å². The number of methoxy groups -OCH3 is 1. The van der Waals surface area contributed by atoms with Crippen LogP contribution in [0.25, 0.3) is 11.3 Å². The van der Waals surface area contributed by atoms with E-state index in [0.29, 0.717) is 10.9 Å². The lowest BCUT2D eigenvalue weighted by Gasteiger charge is -2.08. The summed E-state index contributed by atoms with van der Waals surface area (Å²) < 4.78 is 10.9. The van der Waals surface area contributed by atoms with Gasteiger partial charge in [-0.15, -0.1) is 11.3 Å². The Morgan fingerprint density at radius 1 is 1.04 bits per heavy atom. The van der Waals surface area contributed by atoms with Crippen molar-refractivity contribution in [2.45, 2.75) is 27.7 Å². The predicted molar refractivity (Wildman–Crippen MR) is 114 cm³/mol. The molecule has 0 aliphatic heterocycles. The maximum atomic E-state index is 12.2. The lowest BCUT2D eigenvalue weighted by molar-refractivity contribution is -0.118. The summed E-state index contributed by atoms with van der Waals surface area (Å²) in [7, 11) is 1.66. The highest BCUT2D eigenvalue weighted by Crippen LogP contribution is 2.32. The SMILES string of the molecule is COc1ccc(-c2nc(NC(=O)COc3ccc(C)c(C)c3)sc2C)cc1C. The minimum absolute atomic E-state index is 0.0574. The fraction of sp³-hybridized carbons (Fsp3) is 0.273. The normalized spacial score (nSPS) is 10.6. The first-order valence-electron chi connectivity index (χ1n) is 8.99. The van der Waals surface area contributed by atoms with E-state index in [1.54, 1.807) is 7.11 Å². The number of nitrogens with zero attached hydrogens (tertiary/aromatic N) is 1. The molecule has 5 nitrogen and oxygen atoms in total. The van der Waals surface area contributed by atoms with Gasteiger partial charge >= 0.3 is 0 Å². The maximum Gasteiger partial charge on any atom is 0.264 e. The number of aromatic nitrogens is 1. The molecule has 6 heteroatoms. The lowest BCUT2D eigenvalue weighted by atomic mass is 10.1. The molecular formula is C22H24N2O3S.